The Morgan fingerprint density at radius 1 is 0.969 bits per heavy atom. The summed E-state index contributed by atoms with van der Waals surface area (Å²) in [6.45, 7) is 0.514. The number of carbonyl (C=O) groups is 2. The molecule has 0 aromatic heterocycles. The Morgan fingerprint density at radius 2 is 1.72 bits per heavy atom. The number of benzene rings is 3. The number of rotatable bonds is 7. The number of nitrogens with one attached hydrogen (secondary N) is 1. The summed E-state index contributed by atoms with van der Waals surface area (Å²) in [7, 11) is 4.72. The molecule has 0 saturated heterocycles. The molecule has 0 spiro atoms. The molecule has 7 heteroatoms. The number of carbonyl (C=O) groups excluding carboxylic acids is 2. The minimum Gasteiger partial charge on any atom is -0.493 e. The second-order valence-corrected chi connectivity index (χ2v) is 7.19. The molecule has 3 aromatic carbocycles. The first-order valence-electron chi connectivity index (χ1n) is 10.0. The van der Waals surface area contributed by atoms with E-state index in [4.69, 9.17) is 18.9 Å². The first-order valence-corrected chi connectivity index (χ1v) is 10.0. The van der Waals surface area contributed by atoms with E-state index in [1.807, 2.05) is 36.4 Å². The number of ether oxygens (including phenoxy) is 4. The van der Waals surface area contributed by atoms with Crippen molar-refractivity contribution >= 4 is 11.9 Å². The standard InChI is InChI=1S/C25H23NO6/c1-26-24(27)16-6-4-15(5-7-16)13-31-22-19(10-11-21(29-2)23(22)30-3)17-8-9-20-18(12-17)14-32-25(20)28/h4-12H,13-14H2,1-3H3,(H,26,27). The van der Waals surface area contributed by atoms with E-state index in [1.165, 1.54) is 0 Å². The van der Waals surface area contributed by atoms with Crippen LogP contribution in [0.15, 0.2) is 54.6 Å². The van der Waals surface area contributed by atoms with E-state index < -0.39 is 0 Å². The number of hydrogen-bond donors (Lipinski definition) is 1. The van der Waals surface area contributed by atoms with Gasteiger partial charge in [-0.3, -0.25) is 4.79 Å². The van der Waals surface area contributed by atoms with Crippen molar-refractivity contribution in [3.05, 3.63) is 76.9 Å². The molecule has 3 aromatic rings. The second kappa shape index (κ2) is 9.01. The van der Waals surface area contributed by atoms with E-state index in [0.29, 0.717) is 28.4 Å². The van der Waals surface area contributed by atoms with Crippen LogP contribution in [0.2, 0.25) is 0 Å². The molecule has 0 fully saturated rings. The van der Waals surface area contributed by atoms with Gasteiger partial charge >= 0.3 is 5.97 Å². The van der Waals surface area contributed by atoms with Crippen LogP contribution in [0.25, 0.3) is 11.1 Å². The molecule has 1 heterocycles. The summed E-state index contributed by atoms with van der Waals surface area (Å²) in [5.41, 5.74) is 4.54. The summed E-state index contributed by atoms with van der Waals surface area (Å²) >= 11 is 0. The maximum absolute atomic E-state index is 11.8. The molecule has 164 valence electrons. The lowest BCUT2D eigenvalue weighted by molar-refractivity contribution is 0.0535. The van der Waals surface area contributed by atoms with E-state index in [2.05, 4.69) is 5.32 Å². The lowest BCUT2D eigenvalue weighted by atomic mass is 9.99. The van der Waals surface area contributed by atoms with Crippen LogP contribution >= 0.6 is 0 Å². The molecule has 1 N–H and O–H groups in total. The third-order valence-electron chi connectivity index (χ3n) is 5.32. The van der Waals surface area contributed by atoms with Crippen LogP contribution in [0.3, 0.4) is 0 Å². The van der Waals surface area contributed by atoms with Crippen molar-refractivity contribution in [2.24, 2.45) is 0 Å². The van der Waals surface area contributed by atoms with E-state index >= 15 is 0 Å². The smallest absolute Gasteiger partial charge is 0.338 e. The fourth-order valence-electron chi connectivity index (χ4n) is 3.62. The van der Waals surface area contributed by atoms with Crippen LogP contribution in [0.5, 0.6) is 17.2 Å². The molecule has 0 radical (unpaired) electrons. The van der Waals surface area contributed by atoms with Crippen molar-refractivity contribution < 1.29 is 28.5 Å². The number of amides is 1. The highest BCUT2D eigenvalue weighted by molar-refractivity contribution is 5.94. The van der Waals surface area contributed by atoms with Crippen LogP contribution in [-0.2, 0) is 18.0 Å². The van der Waals surface area contributed by atoms with Gasteiger partial charge in [0.25, 0.3) is 5.91 Å². The highest BCUT2D eigenvalue weighted by Gasteiger charge is 2.23. The highest BCUT2D eigenvalue weighted by Crippen LogP contribution is 2.45. The monoisotopic (exact) mass is 433 g/mol. The molecule has 0 aliphatic carbocycles. The van der Waals surface area contributed by atoms with Crippen LogP contribution < -0.4 is 19.5 Å². The molecular weight excluding hydrogens is 410 g/mol. The number of esters is 1. The Bertz CT molecular complexity index is 1170. The van der Waals surface area contributed by atoms with Gasteiger partial charge in [-0.2, -0.15) is 0 Å². The van der Waals surface area contributed by atoms with Crippen molar-refractivity contribution in [2.45, 2.75) is 13.2 Å². The van der Waals surface area contributed by atoms with Crippen LogP contribution in [0.1, 0.15) is 31.8 Å². The zero-order chi connectivity index (χ0) is 22.7. The van der Waals surface area contributed by atoms with E-state index in [1.54, 1.807) is 39.5 Å². The average Bonchev–Trinajstić information content (AvgIpc) is 3.21. The van der Waals surface area contributed by atoms with Gasteiger partial charge in [0.05, 0.1) is 19.8 Å². The van der Waals surface area contributed by atoms with Gasteiger partial charge < -0.3 is 24.3 Å². The highest BCUT2D eigenvalue weighted by atomic mass is 16.5. The van der Waals surface area contributed by atoms with Crippen LogP contribution in [0.4, 0.5) is 0 Å². The van der Waals surface area contributed by atoms with Gasteiger partial charge in [0.2, 0.25) is 5.75 Å². The number of hydrogen-bond acceptors (Lipinski definition) is 6. The summed E-state index contributed by atoms with van der Waals surface area (Å²) in [6.07, 6.45) is 0. The Balaban J connectivity index is 1.68. The fraction of sp³-hybridized carbons (Fsp3) is 0.200. The van der Waals surface area contributed by atoms with Gasteiger partial charge in [-0.1, -0.05) is 18.2 Å². The van der Waals surface area contributed by atoms with Gasteiger partial charge in [0.15, 0.2) is 11.5 Å². The molecule has 7 nitrogen and oxygen atoms in total. The predicted octanol–water partition coefficient (Wildman–Crippen LogP) is 3.98. The molecular formula is C25H23NO6. The largest absolute Gasteiger partial charge is 0.493 e. The van der Waals surface area contributed by atoms with Gasteiger partial charge in [0, 0.05) is 23.7 Å². The van der Waals surface area contributed by atoms with E-state index in [-0.39, 0.29) is 25.1 Å². The van der Waals surface area contributed by atoms with Gasteiger partial charge in [-0.15, -0.1) is 0 Å². The third kappa shape index (κ3) is 3.97. The molecule has 1 amide bonds. The van der Waals surface area contributed by atoms with Crippen molar-refractivity contribution in [2.75, 3.05) is 21.3 Å². The van der Waals surface area contributed by atoms with Crippen molar-refractivity contribution in [1.29, 1.82) is 0 Å². The lowest BCUT2D eigenvalue weighted by Crippen LogP contribution is -2.17. The van der Waals surface area contributed by atoms with Gasteiger partial charge in [-0.25, -0.2) is 4.79 Å². The first kappa shape index (κ1) is 21.2. The minimum absolute atomic E-state index is 0.145. The lowest BCUT2D eigenvalue weighted by Gasteiger charge is -2.18. The second-order valence-electron chi connectivity index (χ2n) is 7.19. The molecule has 4 rings (SSSR count). The topological polar surface area (TPSA) is 83.1 Å². The number of methoxy groups -OCH3 is 2. The van der Waals surface area contributed by atoms with Crippen LogP contribution in [-0.4, -0.2) is 33.1 Å². The van der Waals surface area contributed by atoms with Crippen molar-refractivity contribution in [3.63, 3.8) is 0 Å². The van der Waals surface area contributed by atoms with E-state index in [9.17, 15) is 9.59 Å². The Kier molecular flexibility index (Phi) is 5.98. The maximum Gasteiger partial charge on any atom is 0.338 e. The molecule has 0 atom stereocenters. The molecule has 0 saturated carbocycles. The zero-order valence-corrected chi connectivity index (χ0v) is 18.1. The SMILES string of the molecule is CNC(=O)c1ccc(COc2c(-c3ccc4c(c3)COC4=O)ccc(OC)c2OC)cc1. The molecule has 1 aliphatic rings. The molecule has 1 aliphatic heterocycles. The maximum atomic E-state index is 11.8. The van der Waals surface area contributed by atoms with Gasteiger partial charge in [0.1, 0.15) is 13.2 Å². The molecule has 0 bridgehead atoms. The molecule has 0 unspecified atom stereocenters. The summed E-state index contributed by atoms with van der Waals surface area (Å²) in [4.78, 5) is 23.6. The van der Waals surface area contributed by atoms with Crippen molar-refractivity contribution in [1.82, 2.24) is 5.32 Å². The first-order chi connectivity index (χ1) is 15.5. The number of cyclic esters (lactones) is 1. The fourth-order valence-corrected chi connectivity index (χ4v) is 3.62. The van der Waals surface area contributed by atoms with Gasteiger partial charge in [-0.05, 0) is 47.5 Å². The Hall–Kier alpha value is -4.00. The summed E-state index contributed by atoms with van der Waals surface area (Å²) in [5.74, 6) is 1.08. The normalized spacial score (nSPS) is 12.0. The van der Waals surface area contributed by atoms with E-state index in [0.717, 1.165) is 22.3 Å². The molecule has 32 heavy (non-hydrogen) atoms. The summed E-state index contributed by atoms with van der Waals surface area (Å²) in [6, 6.07) is 16.4. The quantitative estimate of drug-likeness (QED) is 0.568. The van der Waals surface area contributed by atoms with Crippen LogP contribution in [0, 0.1) is 0 Å². The third-order valence-corrected chi connectivity index (χ3v) is 5.32. The average molecular weight is 433 g/mol. The zero-order valence-electron chi connectivity index (χ0n) is 18.1. The Labute approximate surface area is 185 Å². The number of fused-ring (bicyclic) bond motifs is 1. The predicted molar refractivity (Wildman–Crippen MR) is 118 cm³/mol. The summed E-state index contributed by atoms with van der Waals surface area (Å²) < 4.78 is 22.4. The minimum atomic E-state index is -0.310. The summed E-state index contributed by atoms with van der Waals surface area (Å²) in [5, 5.41) is 2.60. The van der Waals surface area contributed by atoms with Crippen molar-refractivity contribution in [3.8, 4) is 28.4 Å². The Morgan fingerprint density at radius 3 is 2.41 bits per heavy atom.